The summed E-state index contributed by atoms with van der Waals surface area (Å²) in [5.41, 5.74) is -3.08. The van der Waals surface area contributed by atoms with E-state index in [1.807, 2.05) is 4.90 Å². The van der Waals surface area contributed by atoms with Gasteiger partial charge in [-0.05, 0) is 62.2 Å². The molecule has 0 aliphatic carbocycles. The molecule has 16 heteroatoms. The number of methoxy groups -OCH3 is 1. The van der Waals surface area contributed by atoms with E-state index in [2.05, 4.69) is 15.2 Å². The highest BCUT2D eigenvalue weighted by Gasteiger charge is 2.38. The third-order valence-corrected chi connectivity index (χ3v) is 8.46. The van der Waals surface area contributed by atoms with Gasteiger partial charge in [0, 0.05) is 37.7 Å². The number of hydrogen-bond acceptors (Lipinski definition) is 8. The zero-order valence-electron chi connectivity index (χ0n) is 25.7. The van der Waals surface area contributed by atoms with Crippen molar-refractivity contribution in [3.05, 3.63) is 69.7 Å². The molecule has 1 fully saturated rings. The molecule has 5 rings (SSSR count). The molecule has 2 aromatic carbocycles. The van der Waals surface area contributed by atoms with Crippen LogP contribution in [0.4, 0.5) is 36.3 Å². The zero-order chi connectivity index (χ0) is 34.3. The van der Waals surface area contributed by atoms with Crippen molar-refractivity contribution in [1.82, 2.24) is 20.1 Å². The molecule has 0 radical (unpaired) electrons. The smallest absolute Gasteiger partial charge is 0.417 e. The molecule has 1 aliphatic heterocycles. The van der Waals surface area contributed by atoms with Crippen molar-refractivity contribution in [2.45, 2.75) is 44.8 Å². The van der Waals surface area contributed by atoms with Gasteiger partial charge in [-0.15, -0.1) is 0 Å². The van der Waals surface area contributed by atoms with Crippen LogP contribution in [0.1, 0.15) is 47.9 Å². The summed E-state index contributed by atoms with van der Waals surface area (Å²) in [7, 11) is 1.49. The Morgan fingerprint density at radius 3 is 2.49 bits per heavy atom. The fourth-order valence-electron chi connectivity index (χ4n) is 5.19. The van der Waals surface area contributed by atoms with Crippen LogP contribution in [0.3, 0.4) is 0 Å². The molecule has 1 aliphatic rings. The lowest BCUT2D eigenvalue weighted by Gasteiger charge is -2.41. The Kier molecular flexibility index (Phi) is 9.21. The number of aromatic nitrogens is 3. The van der Waals surface area contributed by atoms with Crippen molar-refractivity contribution in [1.29, 1.82) is 0 Å². The van der Waals surface area contributed by atoms with Gasteiger partial charge in [-0.3, -0.25) is 10.00 Å². The summed E-state index contributed by atoms with van der Waals surface area (Å²) in [6, 6.07) is 5.83. The maximum Gasteiger partial charge on any atom is 0.417 e. The molecule has 1 amide bonds. The van der Waals surface area contributed by atoms with E-state index in [0.29, 0.717) is 34.2 Å². The number of H-pyrrole nitrogens is 1. The number of nitrogens with one attached hydrogen (secondary N) is 1. The molecule has 0 unspecified atom stereocenters. The van der Waals surface area contributed by atoms with E-state index in [1.54, 1.807) is 43.9 Å². The normalized spacial score (nSPS) is 16.6. The summed E-state index contributed by atoms with van der Waals surface area (Å²) in [5, 5.41) is 18.8. The number of anilines is 1. The number of aromatic hydroxyl groups is 1. The molecule has 4 aromatic rings. The Morgan fingerprint density at radius 2 is 1.83 bits per heavy atom. The molecule has 2 aromatic heterocycles. The van der Waals surface area contributed by atoms with Gasteiger partial charge in [0.05, 0.1) is 35.5 Å². The molecule has 1 saturated heterocycles. The minimum atomic E-state index is -5.11. The van der Waals surface area contributed by atoms with E-state index >= 15 is 0 Å². The average Bonchev–Trinajstić information content (AvgIpc) is 3.60. The molecule has 0 spiro atoms. The number of halogens is 6. The summed E-state index contributed by atoms with van der Waals surface area (Å²) >= 11 is 0.993. The number of hydrogen-bond donors (Lipinski definition) is 2. The molecule has 2 N–H and O–H groups in total. The molecular weight excluding hydrogens is 652 g/mol. The molecule has 47 heavy (non-hydrogen) atoms. The Morgan fingerprint density at radius 1 is 1.09 bits per heavy atom. The molecule has 1 atom stereocenters. The second kappa shape index (κ2) is 12.7. The fourth-order valence-corrected chi connectivity index (χ4v) is 6.22. The number of piperazine rings is 1. The molecular formula is C31H31F6N5O4S. The van der Waals surface area contributed by atoms with E-state index < -0.39 is 52.7 Å². The molecule has 3 heterocycles. The van der Waals surface area contributed by atoms with Crippen LogP contribution < -0.4 is 4.90 Å². The van der Waals surface area contributed by atoms with Crippen LogP contribution in [0.5, 0.6) is 5.88 Å². The summed E-state index contributed by atoms with van der Waals surface area (Å²) in [6.45, 7) is 6.21. The van der Waals surface area contributed by atoms with Crippen molar-refractivity contribution < 1.29 is 45.7 Å². The summed E-state index contributed by atoms with van der Waals surface area (Å²) in [6.07, 6.45) is -8.02. The van der Waals surface area contributed by atoms with Crippen LogP contribution in [0, 0.1) is 0 Å². The van der Waals surface area contributed by atoms with Gasteiger partial charge in [0.1, 0.15) is 10.5 Å². The van der Waals surface area contributed by atoms with Crippen LogP contribution >= 0.6 is 11.3 Å². The molecule has 9 nitrogen and oxygen atoms in total. The van der Waals surface area contributed by atoms with Crippen LogP contribution in [0.2, 0.25) is 0 Å². The second-order valence-electron chi connectivity index (χ2n) is 11.9. The molecule has 252 valence electrons. The summed E-state index contributed by atoms with van der Waals surface area (Å²) in [4.78, 5) is 20.7. The highest BCUT2D eigenvalue weighted by atomic mass is 32.1. The first-order chi connectivity index (χ1) is 21.9. The number of aromatic amines is 1. The highest BCUT2D eigenvalue weighted by Crippen LogP contribution is 2.43. The van der Waals surface area contributed by atoms with Gasteiger partial charge in [0.2, 0.25) is 5.88 Å². The van der Waals surface area contributed by atoms with Crippen molar-refractivity contribution in [2.75, 3.05) is 38.3 Å². The highest BCUT2D eigenvalue weighted by molar-refractivity contribution is 7.17. The molecule has 0 bridgehead atoms. The number of benzene rings is 2. The van der Waals surface area contributed by atoms with Crippen LogP contribution in [-0.4, -0.2) is 76.3 Å². The first kappa shape index (κ1) is 34.0. The number of alkyl halides is 6. The fraction of sp³-hybridized carbons (Fsp3) is 0.387. The summed E-state index contributed by atoms with van der Waals surface area (Å²) < 4.78 is 93.4. The number of ether oxygens (including phenoxy) is 2. The minimum Gasteiger partial charge on any atom is -0.492 e. The minimum absolute atomic E-state index is 0.0702. The zero-order valence-corrected chi connectivity index (χ0v) is 26.5. The van der Waals surface area contributed by atoms with E-state index in [-0.39, 0.29) is 36.2 Å². The predicted octanol–water partition coefficient (Wildman–Crippen LogP) is 7.42. The Bertz CT molecular complexity index is 1790. The van der Waals surface area contributed by atoms with Crippen molar-refractivity contribution >= 4 is 45.1 Å². The van der Waals surface area contributed by atoms with Gasteiger partial charge >= 0.3 is 18.4 Å². The van der Waals surface area contributed by atoms with Gasteiger partial charge in [-0.1, -0.05) is 23.5 Å². The van der Waals surface area contributed by atoms with Crippen LogP contribution in [-0.2, 0) is 21.8 Å². The Hall–Kier alpha value is -4.31. The van der Waals surface area contributed by atoms with Crippen LogP contribution in [0.25, 0.3) is 22.6 Å². The third kappa shape index (κ3) is 7.64. The van der Waals surface area contributed by atoms with Gasteiger partial charge in [0.25, 0.3) is 0 Å². The van der Waals surface area contributed by atoms with Gasteiger partial charge < -0.3 is 19.5 Å². The quantitative estimate of drug-likeness (QED) is 0.161. The number of fused-ring (bicyclic) bond motifs is 1. The second-order valence-corrected chi connectivity index (χ2v) is 12.9. The standard InChI is InChI=1S/C31H31F6N5O4S/c1-29(2,3)46-28(44)42-10-9-41(15-21(42)16-45-4)27-39-26(43)25(47-27)22(17-6-8-24-19(11-17)14-38-40-24)12-18-5-7-20(30(32,33)34)13-23(18)31(35,36)37/h5-8,11-14,21,43H,9-10,15-16H2,1-4H3,(H,38,40)/t21-/m1/s1. The lowest BCUT2D eigenvalue weighted by atomic mass is 9.96. The average molecular weight is 684 g/mol. The number of nitrogens with zero attached hydrogens (tertiary/aromatic N) is 4. The largest absolute Gasteiger partial charge is 0.492 e. The first-order valence-electron chi connectivity index (χ1n) is 14.3. The molecule has 0 saturated carbocycles. The maximum absolute atomic E-state index is 14.1. The lowest BCUT2D eigenvalue weighted by molar-refractivity contribution is -0.143. The SMILES string of the molecule is COC[C@H]1CN(c2nc(O)c(C(=Cc3ccc(C(F)(F)F)cc3C(F)(F)F)c3ccc4[nH]ncc4c3)s2)CCN1C(=O)OC(C)(C)C. The monoisotopic (exact) mass is 683 g/mol. The summed E-state index contributed by atoms with van der Waals surface area (Å²) in [5.74, 6) is -0.484. The van der Waals surface area contributed by atoms with E-state index in [9.17, 15) is 36.2 Å². The number of thiazole rings is 1. The topological polar surface area (TPSA) is 104 Å². The van der Waals surface area contributed by atoms with Gasteiger partial charge in [0.15, 0.2) is 5.13 Å². The van der Waals surface area contributed by atoms with E-state index in [4.69, 9.17) is 9.47 Å². The van der Waals surface area contributed by atoms with Gasteiger partial charge in [-0.25, -0.2) is 4.79 Å². The third-order valence-electron chi connectivity index (χ3n) is 7.32. The maximum atomic E-state index is 14.1. The number of amides is 1. The van der Waals surface area contributed by atoms with E-state index in [1.165, 1.54) is 13.3 Å². The van der Waals surface area contributed by atoms with E-state index in [0.717, 1.165) is 23.5 Å². The van der Waals surface area contributed by atoms with Crippen molar-refractivity contribution in [2.24, 2.45) is 0 Å². The number of rotatable bonds is 6. The number of carbonyl (C=O) groups excluding carboxylic acids is 1. The van der Waals surface area contributed by atoms with Gasteiger partial charge in [-0.2, -0.15) is 36.4 Å². The first-order valence-corrected chi connectivity index (χ1v) is 15.1. The Balaban J connectivity index is 1.57. The van der Waals surface area contributed by atoms with Crippen molar-refractivity contribution in [3.8, 4) is 5.88 Å². The Labute approximate surface area is 269 Å². The number of carbonyl (C=O) groups is 1. The predicted molar refractivity (Wildman–Crippen MR) is 164 cm³/mol. The van der Waals surface area contributed by atoms with Crippen LogP contribution in [0.15, 0.2) is 42.6 Å². The lowest BCUT2D eigenvalue weighted by Crippen LogP contribution is -2.57. The van der Waals surface area contributed by atoms with Crippen molar-refractivity contribution in [3.63, 3.8) is 0 Å².